The van der Waals surface area contributed by atoms with Crippen molar-refractivity contribution in [3.63, 3.8) is 0 Å². The van der Waals surface area contributed by atoms with Gasteiger partial charge in [-0.25, -0.2) is 0 Å². The lowest BCUT2D eigenvalue weighted by molar-refractivity contribution is 0.0854. The molecular formula is C39H63N3O3. The van der Waals surface area contributed by atoms with E-state index >= 15 is 0 Å². The highest BCUT2D eigenvalue weighted by Gasteiger charge is 2.35. The molecule has 0 aromatic heterocycles. The van der Waals surface area contributed by atoms with Crippen LogP contribution in [0.2, 0.25) is 0 Å². The molecule has 6 nitrogen and oxygen atoms in total. The maximum atomic E-state index is 14.1. The molecule has 0 bridgehead atoms. The summed E-state index contributed by atoms with van der Waals surface area (Å²) in [6.07, 6.45) is 12.0. The van der Waals surface area contributed by atoms with Crippen LogP contribution in [0.15, 0.2) is 18.2 Å². The summed E-state index contributed by atoms with van der Waals surface area (Å²) in [6, 6.07) is 5.39. The van der Waals surface area contributed by atoms with Crippen LogP contribution in [0.25, 0.3) is 0 Å². The molecule has 0 unspecified atom stereocenters. The number of rotatable bonds is 6. The minimum Gasteiger partial charge on any atom is -0.349 e. The zero-order valence-electron chi connectivity index (χ0n) is 29.9. The first-order chi connectivity index (χ1) is 20.9. The molecule has 0 atom stereocenters. The van der Waals surface area contributed by atoms with Crippen molar-refractivity contribution in [2.24, 2.45) is 34.0 Å². The fourth-order valence-corrected chi connectivity index (χ4v) is 8.27. The van der Waals surface area contributed by atoms with Crippen LogP contribution in [0, 0.1) is 34.0 Å². The second-order valence-corrected chi connectivity index (χ2v) is 17.9. The van der Waals surface area contributed by atoms with Crippen LogP contribution in [0.5, 0.6) is 0 Å². The lowest BCUT2D eigenvalue weighted by atomic mass is 9.71. The predicted octanol–water partition coefficient (Wildman–Crippen LogP) is 8.69. The van der Waals surface area contributed by atoms with E-state index in [4.69, 9.17) is 0 Å². The molecule has 0 radical (unpaired) electrons. The maximum absolute atomic E-state index is 14.1. The number of hydrogen-bond donors (Lipinski definition) is 3. The summed E-state index contributed by atoms with van der Waals surface area (Å²) in [5, 5.41) is 9.74. The minimum atomic E-state index is -0.307. The lowest BCUT2D eigenvalue weighted by Crippen LogP contribution is -2.44. The first-order valence-electron chi connectivity index (χ1n) is 18.0. The Kier molecular flexibility index (Phi) is 11.2. The van der Waals surface area contributed by atoms with Gasteiger partial charge in [-0.2, -0.15) is 0 Å². The Hall–Kier alpha value is -2.37. The molecule has 3 amide bonds. The Balaban J connectivity index is 1.52. The molecule has 252 valence electrons. The smallest absolute Gasteiger partial charge is 0.253 e. The summed E-state index contributed by atoms with van der Waals surface area (Å²) >= 11 is 0. The molecule has 0 saturated heterocycles. The van der Waals surface area contributed by atoms with Crippen LogP contribution in [0.3, 0.4) is 0 Å². The highest BCUT2D eigenvalue weighted by atomic mass is 16.2. The molecular weight excluding hydrogens is 558 g/mol. The highest BCUT2D eigenvalue weighted by Crippen LogP contribution is 2.40. The standard InChI is InChI=1S/C39H63N3O3/c1-37(2,3)25-13-19-28(20-14-25)40-34(43)31-11-10-12-32(35(44)41-29-21-15-26(16-22-29)38(4,5)6)33(31)36(45)42-30-23-17-27(18-24-30)39(7,8)9/h10-12,25-30H,13-24H2,1-9H3,(H,40,43)(H,41,44)(H,42,45). The van der Waals surface area contributed by atoms with Gasteiger partial charge in [0, 0.05) is 18.1 Å². The van der Waals surface area contributed by atoms with Crippen molar-refractivity contribution >= 4 is 17.7 Å². The van der Waals surface area contributed by atoms with Crippen LogP contribution in [0.1, 0.15) is 170 Å². The van der Waals surface area contributed by atoms with E-state index in [0.717, 1.165) is 77.0 Å². The maximum Gasteiger partial charge on any atom is 0.253 e. The van der Waals surface area contributed by atoms with E-state index < -0.39 is 0 Å². The van der Waals surface area contributed by atoms with E-state index in [1.165, 1.54) is 0 Å². The summed E-state index contributed by atoms with van der Waals surface area (Å²) in [7, 11) is 0. The molecule has 1 aromatic carbocycles. The van der Waals surface area contributed by atoms with E-state index in [1.54, 1.807) is 18.2 Å². The average molecular weight is 622 g/mol. The quantitative estimate of drug-likeness (QED) is 0.297. The van der Waals surface area contributed by atoms with Crippen molar-refractivity contribution in [2.75, 3.05) is 0 Å². The van der Waals surface area contributed by atoms with Gasteiger partial charge >= 0.3 is 0 Å². The number of amides is 3. The molecule has 3 N–H and O–H groups in total. The first-order valence-corrected chi connectivity index (χ1v) is 18.0. The largest absolute Gasteiger partial charge is 0.349 e. The zero-order valence-corrected chi connectivity index (χ0v) is 29.9. The van der Waals surface area contributed by atoms with Gasteiger partial charge in [-0.1, -0.05) is 68.4 Å². The Morgan fingerprint density at radius 1 is 0.467 bits per heavy atom. The highest BCUT2D eigenvalue weighted by molar-refractivity contribution is 6.14. The monoisotopic (exact) mass is 621 g/mol. The molecule has 3 fully saturated rings. The van der Waals surface area contributed by atoms with Gasteiger partial charge < -0.3 is 16.0 Å². The number of carbonyl (C=O) groups is 3. The topological polar surface area (TPSA) is 87.3 Å². The van der Waals surface area contributed by atoms with E-state index in [2.05, 4.69) is 78.3 Å². The molecule has 1 aromatic rings. The Morgan fingerprint density at radius 3 is 1.00 bits per heavy atom. The Labute approximate surface area is 274 Å². The molecule has 0 heterocycles. The summed E-state index contributed by atoms with van der Waals surface area (Å²) in [5.41, 5.74) is 1.61. The fraction of sp³-hybridized carbons (Fsp3) is 0.769. The molecule has 3 saturated carbocycles. The van der Waals surface area contributed by atoms with Crippen molar-refractivity contribution in [1.82, 2.24) is 16.0 Å². The molecule has 45 heavy (non-hydrogen) atoms. The average Bonchev–Trinajstić information content (AvgIpc) is 2.96. The van der Waals surface area contributed by atoms with Gasteiger partial charge in [-0.15, -0.1) is 0 Å². The minimum absolute atomic E-state index is 0.0449. The van der Waals surface area contributed by atoms with Gasteiger partial charge in [0.2, 0.25) is 0 Å². The van der Waals surface area contributed by atoms with Crippen LogP contribution in [-0.4, -0.2) is 35.8 Å². The summed E-state index contributed by atoms with van der Waals surface area (Å²) in [5.74, 6) is 1.11. The van der Waals surface area contributed by atoms with Crippen molar-refractivity contribution in [2.45, 2.75) is 157 Å². The summed E-state index contributed by atoms with van der Waals surface area (Å²) in [4.78, 5) is 41.7. The van der Waals surface area contributed by atoms with Crippen LogP contribution < -0.4 is 16.0 Å². The van der Waals surface area contributed by atoms with Crippen LogP contribution in [0.4, 0.5) is 0 Å². The van der Waals surface area contributed by atoms with Gasteiger partial charge in [-0.3, -0.25) is 14.4 Å². The third kappa shape index (κ3) is 9.35. The van der Waals surface area contributed by atoms with Crippen LogP contribution >= 0.6 is 0 Å². The zero-order chi connectivity index (χ0) is 33.2. The van der Waals surface area contributed by atoms with Crippen molar-refractivity contribution in [1.29, 1.82) is 0 Å². The van der Waals surface area contributed by atoms with E-state index in [9.17, 15) is 14.4 Å². The number of nitrogens with one attached hydrogen (secondary N) is 3. The first kappa shape index (κ1) is 35.5. The lowest BCUT2D eigenvalue weighted by Gasteiger charge is -2.37. The van der Waals surface area contributed by atoms with Gasteiger partial charge in [0.1, 0.15) is 0 Å². The molecule has 3 aliphatic rings. The third-order valence-corrected chi connectivity index (χ3v) is 11.6. The Morgan fingerprint density at radius 2 is 0.733 bits per heavy atom. The van der Waals surface area contributed by atoms with Gasteiger partial charge in [0.25, 0.3) is 17.7 Å². The second-order valence-electron chi connectivity index (χ2n) is 17.9. The third-order valence-electron chi connectivity index (χ3n) is 11.6. The molecule has 0 aliphatic heterocycles. The number of benzene rings is 1. The van der Waals surface area contributed by atoms with Gasteiger partial charge in [0.15, 0.2) is 0 Å². The normalized spacial score (nSPS) is 28.2. The van der Waals surface area contributed by atoms with Gasteiger partial charge in [-0.05, 0) is 123 Å². The molecule has 6 heteroatoms. The summed E-state index contributed by atoms with van der Waals surface area (Å²) in [6.45, 7) is 20.7. The number of hydrogen-bond acceptors (Lipinski definition) is 3. The predicted molar refractivity (Wildman–Crippen MR) is 184 cm³/mol. The van der Waals surface area contributed by atoms with Crippen molar-refractivity contribution < 1.29 is 14.4 Å². The van der Waals surface area contributed by atoms with E-state index in [-0.39, 0.29) is 57.7 Å². The van der Waals surface area contributed by atoms with E-state index in [0.29, 0.717) is 28.9 Å². The Bertz CT molecular complexity index is 1110. The van der Waals surface area contributed by atoms with Crippen LogP contribution in [-0.2, 0) is 0 Å². The molecule has 3 aliphatic carbocycles. The SMILES string of the molecule is CC(C)(C)C1CCC(NC(=O)c2cccc(C(=O)NC3CCC(C(C)(C)C)CC3)c2C(=O)NC2CCC(C(C)(C)C)CC2)CC1. The van der Waals surface area contributed by atoms with E-state index in [1.807, 2.05) is 0 Å². The van der Waals surface area contributed by atoms with Crippen molar-refractivity contribution in [3.8, 4) is 0 Å². The second kappa shape index (κ2) is 14.2. The molecule has 4 rings (SSSR count). The summed E-state index contributed by atoms with van der Waals surface area (Å²) < 4.78 is 0. The van der Waals surface area contributed by atoms with Gasteiger partial charge in [0.05, 0.1) is 16.7 Å². The molecule has 0 spiro atoms. The van der Waals surface area contributed by atoms with Crippen molar-refractivity contribution in [3.05, 3.63) is 34.9 Å². The number of carbonyl (C=O) groups excluding carboxylic acids is 3. The fourth-order valence-electron chi connectivity index (χ4n) is 8.27.